The Morgan fingerprint density at radius 3 is 1.98 bits per heavy atom. The fourth-order valence-electron chi connectivity index (χ4n) is 8.46. The number of unbranched alkanes of at least 4 members (excludes halogenated alkanes) is 3. The van der Waals surface area contributed by atoms with Crippen LogP contribution in [0.3, 0.4) is 0 Å². The van der Waals surface area contributed by atoms with Crippen molar-refractivity contribution in [2.45, 2.75) is 184 Å². The molecule has 0 bridgehead atoms. The molecule has 7 N–H and O–H groups in total. The number of aldehydes is 5. The highest BCUT2D eigenvalue weighted by Crippen LogP contribution is 2.30. The van der Waals surface area contributed by atoms with Gasteiger partial charge in [0.2, 0.25) is 0 Å². The number of nitrogens with zero attached hydrogens (tertiary/aromatic N) is 1. The third kappa shape index (κ3) is 13.7. The summed E-state index contributed by atoms with van der Waals surface area (Å²) in [7, 11) is 1.91. The molecular weight excluding hydrogens is 664 g/mol. The number of hydrogen-bond donors (Lipinski definition) is 6. The van der Waals surface area contributed by atoms with Gasteiger partial charge in [-0.05, 0) is 59.4 Å². The van der Waals surface area contributed by atoms with Gasteiger partial charge >= 0.3 is 0 Å². The first-order valence-corrected chi connectivity index (χ1v) is 20.1. The number of carbonyl (C=O) groups excluding carboxylic acids is 5. The second-order valence-corrected chi connectivity index (χ2v) is 15.4. The van der Waals surface area contributed by atoms with Gasteiger partial charge in [0, 0.05) is 36.6 Å². The summed E-state index contributed by atoms with van der Waals surface area (Å²) in [5.41, 5.74) is 6.24. The highest BCUT2D eigenvalue weighted by Gasteiger charge is 2.41. The van der Waals surface area contributed by atoms with E-state index in [9.17, 15) is 29.1 Å². The van der Waals surface area contributed by atoms with Crippen molar-refractivity contribution in [3.63, 3.8) is 0 Å². The summed E-state index contributed by atoms with van der Waals surface area (Å²) in [5, 5.41) is 24.2. The molecule has 52 heavy (non-hydrogen) atoms. The normalized spacial score (nSPS) is 36.4. The molecule has 13 heteroatoms. The number of aliphatic hydroxyl groups is 1. The van der Waals surface area contributed by atoms with Gasteiger partial charge in [0.1, 0.15) is 31.4 Å². The number of rotatable bonds is 15. The highest BCUT2D eigenvalue weighted by atomic mass is 16.5. The lowest BCUT2D eigenvalue weighted by atomic mass is 9.80. The Hall–Kier alpha value is -1.97. The Bertz CT molecular complexity index is 1030. The second kappa shape index (κ2) is 25.2. The van der Waals surface area contributed by atoms with Crippen LogP contribution in [-0.4, -0.2) is 134 Å². The smallest absolute Gasteiger partial charge is 0.138 e. The van der Waals surface area contributed by atoms with Crippen molar-refractivity contribution in [2.24, 2.45) is 17.6 Å². The zero-order chi connectivity index (χ0) is 38.6. The van der Waals surface area contributed by atoms with Crippen LogP contribution in [0.1, 0.15) is 112 Å². The lowest BCUT2D eigenvalue weighted by Gasteiger charge is -2.44. The minimum Gasteiger partial charge on any atom is -0.392 e. The van der Waals surface area contributed by atoms with E-state index in [1.807, 2.05) is 25.8 Å². The van der Waals surface area contributed by atoms with Crippen LogP contribution in [0.4, 0.5) is 0 Å². The zero-order valence-electron chi connectivity index (χ0n) is 32.8. The predicted octanol–water partition coefficient (Wildman–Crippen LogP) is 1.70. The Kier molecular flexibility index (Phi) is 22.4. The molecule has 300 valence electrons. The zero-order valence-corrected chi connectivity index (χ0v) is 32.8. The number of aliphatic hydroxyl groups excluding tert-OH is 1. The highest BCUT2D eigenvalue weighted by molar-refractivity contribution is 5.64. The van der Waals surface area contributed by atoms with E-state index >= 15 is 0 Å². The molecule has 2 fully saturated rings. The van der Waals surface area contributed by atoms with E-state index < -0.39 is 54.4 Å². The monoisotopic (exact) mass is 737 g/mol. The van der Waals surface area contributed by atoms with Crippen molar-refractivity contribution in [1.29, 1.82) is 0 Å². The van der Waals surface area contributed by atoms with Gasteiger partial charge in [-0.2, -0.15) is 0 Å². The Balaban J connectivity index is 2.72. The number of nitrogens with one attached hydrogen (secondary N) is 4. The lowest BCUT2D eigenvalue weighted by Crippen LogP contribution is -2.67. The summed E-state index contributed by atoms with van der Waals surface area (Å²) in [6, 6.07) is -6.67. The third-order valence-corrected chi connectivity index (χ3v) is 11.6. The largest absolute Gasteiger partial charge is 0.392 e. The maximum atomic E-state index is 13.1. The quantitative estimate of drug-likeness (QED) is 0.105. The van der Waals surface area contributed by atoms with Crippen LogP contribution in [0, 0.1) is 11.8 Å². The van der Waals surface area contributed by atoms with Crippen molar-refractivity contribution >= 4 is 31.4 Å². The third-order valence-electron chi connectivity index (χ3n) is 11.6. The number of ether oxygens (including phenoxy) is 1. The van der Waals surface area contributed by atoms with Gasteiger partial charge in [-0.15, -0.1) is 0 Å². The van der Waals surface area contributed by atoms with E-state index in [1.54, 1.807) is 6.92 Å². The molecule has 0 radical (unpaired) electrons. The molecule has 0 amide bonds. The van der Waals surface area contributed by atoms with Gasteiger partial charge in [0.25, 0.3) is 0 Å². The van der Waals surface area contributed by atoms with Gasteiger partial charge in [0.05, 0.1) is 55.1 Å². The average molecular weight is 737 g/mol. The van der Waals surface area contributed by atoms with Crippen LogP contribution in [-0.2, 0) is 28.7 Å². The van der Waals surface area contributed by atoms with Crippen molar-refractivity contribution in [3.8, 4) is 0 Å². The molecule has 13 nitrogen and oxygen atoms in total. The second-order valence-electron chi connectivity index (χ2n) is 15.4. The average Bonchev–Trinajstić information content (AvgIpc) is 3.15. The van der Waals surface area contributed by atoms with Gasteiger partial charge in [-0.1, -0.05) is 65.2 Å². The van der Waals surface area contributed by atoms with E-state index in [1.165, 1.54) is 0 Å². The lowest BCUT2D eigenvalue weighted by molar-refractivity contribution is -0.121. The molecular formula is C39H72N6O7. The summed E-state index contributed by atoms with van der Waals surface area (Å²) in [4.78, 5) is 66.4. The standard InChI is InChI=1S/C39H72N6O7/c1-7-9-10-14-18-30-28(5)52-25-26(3)41-34(22-48)38(27(4)51)43-32(20-46)31(19-40)42-35(23-49)39(29-16-12-11-13-17-29)44-33(21-47)36(15-8-2)45(6)37(30)24-50/h20-24,26-39,41-44,51H,7-19,25,40H2,1-6H3/t26-,27+,28-,30+,31+,32?,33?,34?,35?,36+,37?,38-,39+/m1/s1. The van der Waals surface area contributed by atoms with Crippen LogP contribution in [0.5, 0.6) is 0 Å². The van der Waals surface area contributed by atoms with Crippen molar-refractivity contribution in [2.75, 3.05) is 20.2 Å². The van der Waals surface area contributed by atoms with Gasteiger partial charge in [-0.3, -0.25) is 10.2 Å². The van der Waals surface area contributed by atoms with E-state index in [4.69, 9.17) is 10.5 Å². The molecule has 0 aromatic carbocycles. The van der Waals surface area contributed by atoms with Crippen LogP contribution < -0.4 is 27.0 Å². The van der Waals surface area contributed by atoms with Crippen LogP contribution in [0.2, 0.25) is 0 Å². The Labute approximate surface area is 313 Å². The number of carbonyl (C=O) groups is 5. The molecule has 1 aliphatic heterocycles. The summed E-state index contributed by atoms with van der Waals surface area (Å²) >= 11 is 0. The summed E-state index contributed by atoms with van der Waals surface area (Å²) in [6.07, 6.45) is 13.9. The molecule has 1 saturated heterocycles. The first kappa shape index (κ1) is 46.2. The van der Waals surface area contributed by atoms with Crippen LogP contribution in [0.15, 0.2) is 0 Å². The fraction of sp³-hybridized carbons (Fsp3) is 0.872. The number of nitrogens with two attached hydrogens (primary N) is 1. The molecule has 0 aromatic rings. The minimum atomic E-state index is -1.04. The van der Waals surface area contributed by atoms with Crippen molar-refractivity contribution in [3.05, 3.63) is 0 Å². The van der Waals surface area contributed by atoms with E-state index in [0.29, 0.717) is 19.0 Å². The first-order chi connectivity index (χ1) is 25.0. The SMILES string of the molecule is CCCCCC[C@@H]1C(C=O)N(C)[C@@H](CCC)C(C=O)N[C@@H](C2CCCCC2)C(C=O)N[C@@H](CN)C(C=O)N[C@H]([C@H](C)O)C(C=O)N[C@H](C)CO[C@@H]1C. The van der Waals surface area contributed by atoms with Gasteiger partial charge in [0.15, 0.2) is 0 Å². The van der Waals surface area contributed by atoms with E-state index in [2.05, 4.69) is 35.1 Å². The van der Waals surface area contributed by atoms with E-state index in [0.717, 1.165) is 89.5 Å². The maximum Gasteiger partial charge on any atom is 0.138 e. The molecule has 0 spiro atoms. The number of hydrogen-bond acceptors (Lipinski definition) is 13. The predicted molar refractivity (Wildman–Crippen MR) is 204 cm³/mol. The summed E-state index contributed by atoms with van der Waals surface area (Å²) in [6.45, 7) is 9.82. The molecule has 13 atom stereocenters. The van der Waals surface area contributed by atoms with Crippen molar-refractivity contribution < 1.29 is 33.8 Å². The van der Waals surface area contributed by atoms with Crippen LogP contribution in [0.25, 0.3) is 0 Å². The van der Waals surface area contributed by atoms with Crippen molar-refractivity contribution in [1.82, 2.24) is 26.2 Å². The maximum absolute atomic E-state index is 13.1. The topological polar surface area (TPSA) is 192 Å². The summed E-state index contributed by atoms with van der Waals surface area (Å²) in [5.74, 6) is -0.107. The fourth-order valence-corrected chi connectivity index (χ4v) is 8.46. The molecule has 5 unspecified atom stereocenters. The molecule has 2 rings (SSSR count). The molecule has 0 aromatic heterocycles. The number of likely N-dealkylation sites (N-methyl/N-ethyl adjacent to an activating group) is 1. The van der Waals surface area contributed by atoms with E-state index in [-0.39, 0.29) is 43.2 Å². The Morgan fingerprint density at radius 2 is 1.44 bits per heavy atom. The first-order valence-electron chi connectivity index (χ1n) is 20.1. The molecule has 2 aliphatic rings. The minimum absolute atomic E-state index is 0.0229. The molecule has 1 saturated carbocycles. The Morgan fingerprint density at radius 1 is 0.788 bits per heavy atom. The van der Waals surface area contributed by atoms with Gasteiger partial charge < -0.3 is 55.5 Å². The summed E-state index contributed by atoms with van der Waals surface area (Å²) < 4.78 is 6.45. The molecule has 1 heterocycles. The van der Waals surface area contributed by atoms with Crippen LogP contribution >= 0.6 is 0 Å². The van der Waals surface area contributed by atoms with Gasteiger partial charge in [-0.25, -0.2) is 0 Å². The molecule has 1 aliphatic carbocycles.